The van der Waals surface area contributed by atoms with E-state index in [0.717, 1.165) is 5.57 Å². The molecule has 1 aromatic carbocycles. The predicted octanol–water partition coefficient (Wildman–Crippen LogP) is 4.37. The minimum absolute atomic E-state index is 0.0648. The van der Waals surface area contributed by atoms with Crippen LogP contribution < -0.4 is 0 Å². The molecule has 1 rings (SSSR count). The summed E-state index contributed by atoms with van der Waals surface area (Å²) in [5, 5.41) is 0. The van der Waals surface area contributed by atoms with Crippen molar-refractivity contribution in [2.75, 3.05) is 14.2 Å². The largest absolute Gasteiger partial charge is 0.356 e. The van der Waals surface area contributed by atoms with Crippen molar-refractivity contribution in [2.24, 2.45) is 0 Å². The van der Waals surface area contributed by atoms with Gasteiger partial charge in [0.1, 0.15) is 0 Å². The van der Waals surface area contributed by atoms with Gasteiger partial charge in [-0.1, -0.05) is 56.3 Å². The monoisotopic (exact) mass is 238 g/mol. The van der Waals surface area contributed by atoms with Gasteiger partial charge in [0.15, 0.2) is 6.29 Å². The summed E-state index contributed by atoms with van der Waals surface area (Å²) in [5.41, 5.74) is 2.34. The van der Waals surface area contributed by atoms with Crippen LogP contribution in [0.15, 0.2) is 36.9 Å². The molecule has 0 aromatic heterocycles. The Labute approximate surface area is 106 Å². The Balaban J connectivity index is 0. The Bertz CT molecular complexity index is 264. The molecule has 0 fully saturated rings. The topological polar surface area (TPSA) is 18.5 Å². The van der Waals surface area contributed by atoms with Crippen molar-refractivity contribution in [1.82, 2.24) is 0 Å². The van der Waals surface area contributed by atoms with Crippen LogP contribution in [0.5, 0.6) is 0 Å². The second-order valence-electron chi connectivity index (χ2n) is 3.19. The summed E-state index contributed by atoms with van der Waals surface area (Å²) in [6.45, 7) is 11.7. The lowest BCUT2D eigenvalue weighted by Gasteiger charge is -2.03. The van der Waals surface area contributed by atoms with Gasteiger partial charge in [0.2, 0.25) is 0 Å². The third kappa shape index (κ3) is 11.1. The van der Waals surface area contributed by atoms with E-state index >= 15 is 0 Å². The van der Waals surface area contributed by atoms with Crippen LogP contribution in [0.2, 0.25) is 0 Å². The van der Waals surface area contributed by atoms with Crippen LogP contribution >= 0.6 is 0 Å². The summed E-state index contributed by atoms with van der Waals surface area (Å²) in [4.78, 5) is 0. The third-order valence-corrected chi connectivity index (χ3v) is 1.93. The van der Waals surface area contributed by atoms with Gasteiger partial charge >= 0.3 is 0 Å². The fourth-order valence-electron chi connectivity index (χ4n) is 0.819. The molecule has 0 unspecified atom stereocenters. The fourth-order valence-corrected chi connectivity index (χ4v) is 0.819. The van der Waals surface area contributed by atoms with Crippen LogP contribution in [0.4, 0.5) is 0 Å². The molecule has 0 atom stereocenters. The van der Waals surface area contributed by atoms with Crippen molar-refractivity contribution in [3.05, 3.63) is 42.5 Å². The third-order valence-electron chi connectivity index (χ3n) is 1.93. The van der Waals surface area contributed by atoms with Gasteiger partial charge < -0.3 is 9.47 Å². The molecule has 0 radical (unpaired) electrons. The van der Waals surface area contributed by atoms with Gasteiger partial charge in [-0.2, -0.15) is 0 Å². The molecule has 2 heteroatoms. The number of allylic oxidation sites excluding steroid dienone is 1. The van der Waals surface area contributed by atoms with E-state index in [2.05, 4.69) is 28.2 Å². The number of hydrogen-bond acceptors (Lipinski definition) is 2. The van der Waals surface area contributed by atoms with Gasteiger partial charge in [-0.25, -0.2) is 0 Å². The van der Waals surface area contributed by atoms with Crippen molar-refractivity contribution in [1.29, 1.82) is 0 Å². The summed E-state index contributed by atoms with van der Waals surface area (Å²) in [6.07, 6.45) is -0.0648. The highest BCUT2D eigenvalue weighted by Crippen LogP contribution is 2.08. The zero-order valence-corrected chi connectivity index (χ0v) is 12.0. The van der Waals surface area contributed by atoms with Gasteiger partial charge in [0.05, 0.1) is 0 Å². The van der Waals surface area contributed by atoms with Crippen LogP contribution in [-0.2, 0) is 9.47 Å². The van der Waals surface area contributed by atoms with Crippen molar-refractivity contribution in [3.63, 3.8) is 0 Å². The minimum atomic E-state index is -0.0648. The molecule has 0 aliphatic rings. The zero-order chi connectivity index (χ0) is 13.7. The maximum atomic E-state index is 4.68. The summed E-state index contributed by atoms with van der Waals surface area (Å²) in [6, 6.07) is 10.2. The smallest absolute Gasteiger partial charge is 0.154 e. The van der Waals surface area contributed by atoms with Crippen LogP contribution in [0.25, 0.3) is 5.57 Å². The van der Waals surface area contributed by atoms with E-state index < -0.39 is 0 Å². The van der Waals surface area contributed by atoms with Gasteiger partial charge in [0, 0.05) is 14.2 Å². The Kier molecular flexibility index (Phi) is 13.9. The van der Waals surface area contributed by atoms with Crippen LogP contribution in [-0.4, -0.2) is 20.5 Å². The molecule has 0 saturated carbocycles. The summed E-state index contributed by atoms with van der Waals surface area (Å²) < 4.78 is 9.35. The van der Waals surface area contributed by atoms with Crippen LogP contribution in [0.3, 0.4) is 0 Å². The number of rotatable bonds is 3. The van der Waals surface area contributed by atoms with Gasteiger partial charge in [-0.15, -0.1) is 0 Å². The van der Waals surface area contributed by atoms with E-state index in [1.165, 1.54) is 5.56 Å². The van der Waals surface area contributed by atoms with E-state index in [9.17, 15) is 0 Å². The molecule has 2 nitrogen and oxygen atoms in total. The summed E-state index contributed by atoms with van der Waals surface area (Å²) in [5.74, 6) is 0. The Morgan fingerprint density at radius 2 is 1.47 bits per heavy atom. The van der Waals surface area contributed by atoms with Crippen LogP contribution in [0, 0.1) is 0 Å². The van der Waals surface area contributed by atoms with Gasteiger partial charge in [0.25, 0.3) is 0 Å². The molecule has 0 heterocycles. The average Bonchev–Trinajstić information content (AvgIpc) is 2.41. The first-order valence-corrected chi connectivity index (χ1v) is 5.88. The first kappa shape index (κ1) is 18.3. The highest BCUT2D eigenvalue weighted by Gasteiger charge is 1.88. The molecule has 0 aliphatic carbocycles. The second-order valence-corrected chi connectivity index (χ2v) is 3.19. The average molecular weight is 238 g/mol. The quantitative estimate of drug-likeness (QED) is 0.728. The molecule has 1 aromatic rings. The maximum Gasteiger partial charge on any atom is 0.154 e. The first-order chi connectivity index (χ1) is 8.11. The number of ether oxygens (including phenoxy) is 2. The standard InChI is InChI=1S/C9H10.C4H10O2.C2H6/c1-8(2)9-6-4-3-5-7-9;1-4(5-2)6-3;1-2/h3-7H,1H2,2H3;4H,1-3H3;1-2H3. The number of benzene rings is 1. The van der Waals surface area contributed by atoms with E-state index in [-0.39, 0.29) is 6.29 Å². The fraction of sp³-hybridized carbons (Fsp3) is 0.467. The lowest BCUT2D eigenvalue weighted by atomic mass is 10.1. The Morgan fingerprint density at radius 3 is 1.65 bits per heavy atom. The lowest BCUT2D eigenvalue weighted by molar-refractivity contribution is -0.0877. The predicted molar refractivity (Wildman–Crippen MR) is 76.0 cm³/mol. The van der Waals surface area contributed by atoms with E-state index in [1.807, 2.05) is 45.9 Å². The van der Waals surface area contributed by atoms with Gasteiger partial charge in [-0.05, 0) is 19.4 Å². The van der Waals surface area contributed by atoms with Crippen molar-refractivity contribution < 1.29 is 9.47 Å². The molecule has 0 amide bonds. The van der Waals surface area contributed by atoms with Crippen molar-refractivity contribution in [3.8, 4) is 0 Å². The number of hydrogen-bond donors (Lipinski definition) is 0. The molecule has 0 saturated heterocycles. The van der Waals surface area contributed by atoms with E-state index in [4.69, 9.17) is 0 Å². The minimum Gasteiger partial charge on any atom is -0.356 e. The van der Waals surface area contributed by atoms with E-state index in [0.29, 0.717) is 0 Å². The number of methoxy groups -OCH3 is 2. The Morgan fingerprint density at radius 1 is 1.06 bits per heavy atom. The van der Waals surface area contributed by atoms with Crippen LogP contribution in [0.1, 0.15) is 33.3 Å². The van der Waals surface area contributed by atoms with Crippen molar-refractivity contribution in [2.45, 2.75) is 34.0 Å². The second kappa shape index (κ2) is 12.9. The molecule has 17 heavy (non-hydrogen) atoms. The molecule has 98 valence electrons. The van der Waals surface area contributed by atoms with Gasteiger partial charge in [-0.3, -0.25) is 0 Å². The normalized spacial score (nSPS) is 8.65. The molecule has 0 aliphatic heterocycles. The SMILES string of the molecule is C=C(C)c1ccccc1.CC.COC(C)OC. The highest BCUT2D eigenvalue weighted by atomic mass is 16.7. The van der Waals surface area contributed by atoms with Crippen molar-refractivity contribution >= 4 is 5.57 Å². The zero-order valence-electron chi connectivity index (χ0n) is 12.0. The highest BCUT2D eigenvalue weighted by molar-refractivity contribution is 5.60. The molecule has 0 bridgehead atoms. The first-order valence-electron chi connectivity index (χ1n) is 5.88. The lowest BCUT2D eigenvalue weighted by Crippen LogP contribution is -2.05. The summed E-state index contributed by atoms with van der Waals surface area (Å²) in [7, 11) is 3.21. The molecule has 0 N–H and O–H groups in total. The van der Waals surface area contributed by atoms with E-state index in [1.54, 1.807) is 14.2 Å². The molecular weight excluding hydrogens is 212 g/mol. The molecular formula is C15H26O2. The Hall–Kier alpha value is -1.12. The molecule has 0 spiro atoms. The maximum absolute atomic E-state index is 4.68. The summed E-state index contributed by atoms with van der Waals surface area (Å²) >= 11 is 0.